The molecule has 0 bridgehead atoms. The molecular formula is C20H18FNO3. The summed E-state index contributed by atoms with van der Waals surface area (Å²) in [6.45, 7) is 0.145. The molecule has 2 aromatic rings. The van der Waals surface area contributed by atoms with Crippen molar-refractivity contribution in [1.29, 1.82) is 0 Å². The number of anilines is 1. The molecule has 0 spiro atoms. The predicted octanol–water partition coefficient (Wildman–Crippen LogP) is 4.33. The lowest BCUT2D eigenvalue weighted by Gasteiger charge is -2.37. The minimum absolute atomic E-state index is 0.00427. The monoisotopic (exact) mass is 339 g/mol. The van der Waals surface area contributed by atoms with Crippen LogP contribution in [0.15, 0.2) is 48.5 Å². The zero-order chi connectivity index (χ0) is 17.4. The van der Waals surface area contributed by atoms with Crippen molar-refractivity contribution in [1.82, 2.24) is 0 Å². The summed E-state index contributed by atoms with van der Waals surface area (Å²) in [5, 5.41) is 0. The van der Waals surface area contributed by atoms with E-state index in [0.717, 1.165) is 24.8 Å². The van der Waals surface area contributed by atoms with Gasteiger partial charge in [-0.15, -0.1) is 0 Å². The third-order valence-corrected chi connectivity index (χ3v) is 5.03. The number of carbonyl (C=O) groups excluding carboxylic acids is 2. The Labute approximate surface area is 145 Å². The van der Waals surface area contributed by atoms with Gasteiger partial charge in [0.2, 0.25) is 0 Å². The fraction of sp³-hybridized carbons (Fsp3) is 0.300. The molecule has 0 radical (unpaired) electrons. The van der Waals surface area contributed by atoms with Gasteiger partial charge in [-0.3, -0.25) is 9.69 Å². The molecule has 1 heterocycles. The average Bonchev–Trinajstić information content (AvgIpc) is 3.10. The summed E-state index contributed by atoms with van der Waals surface area (Å²) in [6, 6.07) is 13.1. The number of Topliss-reactive ketones (excluding diaryl/α,β-unsaturated/α-hetero) is 1. The fourth-order valence-corrected chi connectivity index (χ4v) is 3.87. The van der Waals surface area contributed by atoms with Gasteiger partial charge >= 0.3 is 6.09 Å². The molecule has 0 unspecified atom stereocenters. The number of hydrogen-bond acceptors (Lipinski definition) is 3. The van der Waals surface area contributed by atoms with Gasteiger partial charge in [0, 0.05) is 11.5 Å². The summed E-state index contributed by atoms with van der Waals surface area (Å²) in [7, 11) is 0. The first-order valence-corrected chi connectivity index (χ1v) is 8.49. The first-order valence-electron chi connectivity index (χ1n) is 8.49. The minimum Gasteiger partial charge on any atom is -0.444 e. The molecule has 2 aromatic carbocycles. The summed E-state index contributed by atoms with van der Waals surface area (Å²) >= 11 is 0. The second-order valence-electron chi connectivity index (χ2n) is 6.54. The van der Waals surface area contributed by atoms with E-state index in [1.54, 1.807) is 0 Å². The molecule has 0 aromatic heterocycles. The predicted molar refractivity (Wildman–Crippen MR) is 91.0 cm³/mol. The highest BCUT2D eigenvalue weighted by Crippen LogP contribution is 2.42. The maximum Gasteiger partial charge on any atom is 0.414 e. The van der Waals surface area contributed by atoms with E-state index in [4.69, 9.17) is 4.74 Å². The standard InChI is InChI=1S/C20H18FNO3/c21-14-9-10-16-18(11-14)22(17-8-4-7-15(17)19(16)23)20(24)25-12-13-5-2-1-3-6-13/h1-3,5-6,9-11,15,17H,4,7-8,12H2/t15-,17+/m1/s1. The van der Waals surface area contributed by atoms with Crippen molar-refractivity contribution in [2.75, 3.05) is 4.90 Å². The average molecular weight is 339 g/mol. The quantitative estimate of drug-likeness (QED) is 0.818. The van der Waals surface area contributed by atoms with Crippen LogP contribution in [0.1, 0.15) is 35.2 Å². The largest absolute Gasteiger partial charge is 0.444 e. The molecule has 0 saturated heterocycles. The van der Waals surface area contributed by atoms with Crippen molar-refractivity contribution in [3.63, 3.8) is 0 Å². The second-order valence-corrected chi connectivity index (χ2v) is 6.54. The fourth-order valence-electron chi connectivity index (χ4n) is 3.87. The third-order valence-electron chi connectivity index (χ3n) is 5.03. The topological polar surface area (TPSA) is 46.6 Å². The molecule has 1 aliphatic carbocycles. The Kier molecular flexibility index (Phi) is 3.99. The summed E-state index contributed by atoms with van der Waals surface area (Å²) in [5.74, 6) is -0.685. The first-order chi connectivity index (χ1) is 12.1. The van der Waals surface area contributed by atoms with Crippen LogP contribution in [0.2, 0.25) is 0 Å². The number of benzene rings is 2. The van der Waals surface area contributed by atoms with Crippen LogP contribution in [0, 0.1) is 11.7 Å². The van der Waals surface area contributed by atoms with Gasteiger partial charge < -0.3 is 4.74 Å². The summed E-state index contributed by atoms with van der Waals surface area (Å²) in [4.78, 5) is 26.9. The number of hydrogen-bond donors (Lipinski definition) is 0. The highest BCUT2D eigenvalue weighted by molar-refractivity contribution is 6.09. The molecule has 1 aliphatic heterocycles. The van der Waals surface area contributed by atoms with Gasteiger partial charge in [-0.1, -0.05) is 36.8 Å². The van der Waals surface area contributed by atoms with Crippen LogP contribution >= 0.6 is 0 Å². The van der Waals surface area contributed by atoms with E-state index in [1.165, 1.54) is 23.1 Å². The van der Waals surface area contributed by atoms with E-state index in [0.29, 0.717) is 11.3 Å². The van der Waals surface area contributed by atoms with Gasteiger partial charge in [-0.2, -0.15) is 0 Å². The van der Waals surface area contributed by atoms with Crippen LogP contribution < -0.4 is 4.90 Å². The molecule has 1 amide bonds. The summed E-state index contributed by atoms with van der Waals surface area (Å²) in [5.41, 5.74) is 1.61. The molecule has 2 atom stereocenters. The maximum absolute atomic E-state index is 13.8. The highest BCUT2D eigenvalue weighted by atomic mass is 19.1. The van der Waals surface area contributed by atoms with E-state index in [-0.39, 0.29) is 24.3 Å². The summed E-state index contributed by atoms with van der Waals surface area (Å²) in [6.07, 6.45) is 1.83. The lowest BCUT2D eigenvalue weighted by Crippen LogP contribution is -2.49. The Balaban J connectivity index is 1.64. The van der Waals surface area contributed by atoms with E-state index >= 15 is 0 Å². The highest BCUT2D eigenvalue weighted by Gasteiger charge is 2.46. The molecule has 4 nitrogen and oxygen atoms in total. The van der Waals surface area contributed by atoms with Gasteiger partial charge in [0.1, 0.15) is 12.4 Å². The van der Waals surface area contributed by atoms with Gasteiger partial charge in [0.05, 0.1) is 11.7 Å². The van der Waals surface area contributed by atoms with E-state index in [1.807, 2.05) is 30.3 Å². The van der Waals surface area contributed by atoms with Gasteiger partial charge in [0.25, 0.3) is 0 Å². The second kappa shape index (κ2) is 6.31. The Morgan fingerprint density at radius 3 is 2.76 bits per heavy atom. The molecule has 128 valence electrons. The Bertz CT molecular complexity index is 821. The van der Waals surface area contributed by atoms with Crippen molar-refractivity contribution >= 4 is 17.6 Å². The van der Waals surface area contributed by atoms with Crippen LogP contribution in [-0.2, 0) is 11.3 Å². The normalized spacial score (nSPS) is 21.6. The maximum atomic E-state index is 13.8. The van der Waals surface area contributed by atoms with Crippen molar-refractivity contribution in [2.45, 2.75) is 31.9 Å². The zero-order valence-corrected chi connectivity index (χ0v) is 13.7. The molecule has 0 N–H and O–H groups in total. The van der Waals surface area contributed by atoms with Crippen LogP contribution in [0.5, 0.6) is 0 Å². The summed E-state index contributed by atoms with van der Waals surface area (Å²) < 4.78 is 19.2. The molecule has 25 heavy (non-hydrogen) atoms. The van der Waals surface area contributed by atoms with Gasteiger partial charge in [-0.25, -0.2) is 9.18 Å². The van der Waals surface area contributed by atoms with E-state index < -0.39 is 11.9 Å². The number of rotatable bonds is 2. The molecule has 4 rings (SSSR count). The molecule has 1 fully saturated rings. The Hall–Kier alpha value is -2.69. The van der Waals surface area contributed by atoms with Gasteiger partial charge in [0.15, 0.2) is 5.78 Å². The van der Waals surface area contributed by atoms with Crippen LogP contribution in [0.25, 0.3) is 0 Å². The number of fused-ring (bicyclic) bond motifs is 2. The van der Waals surface area contributed by atoms with Crippen molar-refractivity contribution < 1.29 is 18.7 Å². The van der Waals surface area contributed by atoms with Gasteiger partial charge in [-0.05, 0) is 36.6 Å². The van der Waals surface area contributed by atoms with Crippen molar-refractivity contribution in [2.24, 2.45) is 5.92 Å². The van der Waals surface area contributed by atoms with Crippen LogP contribution in [-0.4, -0.2) is 17.9 Å². The molecular weight excluding hydrogens is 321 g/mol. The van der Waals surface area contributed by atoms with Crippen molar-refractivity contribution in [3.8, 4) is 0 Å². The smallest absolute Gasteiger partial charge is 0.414 e. The minimum atomic E-state index is -0.528. The third kappa shape index (κ3) is 2.80. The van der Waals surface area contributed by atoms with Crippen LogP contribution in [0.3, 0.4) is 0 Å². The molecule has 5 heteroatoms. The number of ketones is 1. The van der Waals surface area contributed by atoms with Crippen LogP contribution in [0.4, 0.5) is 14.9 Å². The lowest BCUT2D eigenvalue weighted by molar-refractivity contribution is 0.0895. The number of amides is 1. The number of nitrogens with zero attached hydrogens (tertiary/aromatic N) is 1. The van der Waals surface area contributed by atoms with Crippen molar-refractivity contribution in [3.05, 3.63) is 65.5 Å². The van der Waals surface area contributed by atoms with E-state index in [9.17, 15) is 14.0 Å². The SMILES string of the molecule is O=C1c2ccc(F)cc2N(C(=O)OCc2ccccc2)[C@H]2CCC[C@@H]12. The molecule has 2 aliphatic rings. The number of halogens is 1. The first kappa shape index (κ1) is 15.8. The molecule has 1 saturated carbocycles. The Morgan fingerprint density at radius 2 is 1.96 bits per heavy atom. The lowest BCUT2D eigenvalue weighted by atomic mass is 9.86. The number of ether oxygens (including phenoxy) is 1. The number of carbonyl (C=O) groups is 2. The zero-order valence-electron chi connectivity index (χ0n) is 13.7. The Morgan fingerprint density at radius 1 is 1.16 bits per heavy atom. The van der Waals surface area contributed by atoms with E-state index in [2.05, 4.69) is 0 Å².